The van der Waals surface area contributed by atoms with Crippen molar-refractivity contribution in [3.63, 3.8) is 0 Å². The normalized spacial score (nSPS) is 9.94. The number of methoxy groups -OCH3 is 1. The molecule has 1 rings (SSSR count). The number of nitriles is 1. The summed E-state index contributed by atoms with van der Waals surface area (Å²) in [5.74, 6) is 0.613. The highest BCUT2D eigenvalue weighted by Crippen LogP contribution is 2.19. The first kappa shape index (κ1) is 13.5. The average molecular weight is 233 g/mol. The molecule has 0 spiro atoms. The molecule has 0 aliphatic rings. The third kappa shape index (κ3) is 4.46. The van der Waals surface area contributed by atoms with Gasteiger partial charge >= 0.3 is 0 Å². The molecule has 0 aliphatic heterocycles. The van der Waals surface area contributed by atoms with Crippen LogP contribution in [0.4, 0.5) is 0 Å². The summed E-state index contributed by atoms with van der Waals surface area (Å²) in [6.07, 6.45) is 3.51. The highest BCUT2D eigenvalue weighted by atomic mass is 16.5. The highest BCUT2D eigenvalue weighted by molar-refractivity contribution is 5.45. The average Bonchev–Trinajstić information content (AvgIpc) is 2.38. The molecule has 0 saturated carbocycles. The Kier molecular flexibility index (Phi) is 6.13. The third-order valence-electron chi connectivity index (χ3n) is 2.55. The van der Waals surface area contributed by atoms with Gasteiger partial charge in [0.1, 0.15) is 11.8 Å². The minimum absolute atomic E-state index is 0.558. The van der Waals surface area contributed by atoms with Crippen molar-refractivity contribution in [2.75, 3.05) is 13.7 Å². The summed E-state index contributed by atoms with van der Waals surface area (Å²) >= 11 is 0. The Morgan fingerprint density at radius 2 is 2.12 bits per heavy atom. The zero-order valence-electron chi connectivity index (χ0n) is 10.5. The Morgan fingerprint density at radius 1 is 1.29 bits per heavy atom. The Bertz CT molecular complexity index is 382. The van der Waals surface area contributed by atoms with E-state index in [4.69, 9.17) is 14.7 Å². The molecular weight excluding hydrogens is 214 g/mol. The molecular formula is C14H19NO2. The number of hydrogen-bond donors (Lipinski definition) is 0. The number of benzene rings is 1. The Hall–Kier alpha value is -1.53. The SMILES string of the molecule is CCCCCOCc1ccc(C#N)c(OC)c1. The monoisotopic (exact) mass is 233 g/mol. The molecule has 0 heterocycles. The van der Waals surface area contributed by atoms with Crippen LogP contribution in [0, 0.1) is 11.3 Å². The van der Waals surface area contributed by atoms with Crippen molar-refractivity contribution in [3.05, 3.63) is 29.3 Å². The van der Waals surface area contributed by atoms with Gasteiger partial charge < -0.3 is 9.47 Å². The van der Waals surface area contributed by atoms with Gasteiger partial charge in [-0.05, 0) is 24.1 Å². The molecule has 0 amide bonds. The number of rotatable bonds is 7. The Labute approximate surface area is 103 Å². The molecule has 1 aromatic rings. The van der Waals surface area contributed by atoms with E-state index in [0.717, 1.165) is 18.6 Å². The van der Waals surface area contributed by atoms with Crippen LogP contribution in [0.5, 0.6) is 5.75 Å². The van der Waals surface area contributed by atoms with Gasteiger partial charge in [-0.1, -0.05) is 25.8 Å². The number of nitrogens with zero attached hydrogens (tertiary/aromatic N) is 1. The van der Waals surface area contributed by atoms with Crippen LogP contribution < -0.4 is 4.74 Å². The van der Waals surface area contributed by atoms with Gasteiger partial charge in [-0.25, -0.2) is 0 Å². The third-order valence-corrected chi connectivity index (χ3v) is 2.55. The number of ether oxygens (including phenoxy) is 2. The van der Waals surface area contributed by atoms with Crippen molar-refractivity contribution in [2.45, 2.75) is 32.8 Å². The quantitative estimate of drug-likeness (QED) is 0.679. The Balaban J connectivity index is 2.47. The molecule has 92 valence electrons. The first-order valence-corrected chi connectivity index (χ1v) is 5.96. The summed E-state index contributed by atoms with van der Waals surface area (Å²) in [6, 6.07) is 7.62. The van der Waals surface area contributed by atoms with E-state index in [2.05, 4.69) is 13.0 Å². The van der Waals surface area contributed by atoms with Crippen molar-refractivity contribution in [1.82, 2.24) is 0 Å². The summed E-state index contributed by atoms with van der Waals surface area (Å²) in [7, 11) is 1.57. The molecule has 1 aromatic carbocycles. The lowest BCUT2D eigenvalue weighted by molar-refractivity contribution is 0.117. The fourth-order valence-electron chi connectivity index (χ4n) is 1.56. The van der Waals surface area contributed by atoms with Crippen LogP contribution in [0.15, 0.2) is 18.2 Å². The van der Waals surface area contributed by atoms with E-state index < -0.39 is 0 Å². The number of unbranched alkanes of at least 4 members (excludes halogenated alkanes) is 2. The second-order valence-electron chi connectivity index (χ2n) is 3.91. The molecule has 3 heteroatoms. The number of hydrogen-bond acceptors (Lipinski definition) is 3. The standard InChI is InChI=1S/C14H19NO2/c1-3-4-5-8-17-11-12-6-7-13(10-15)14(9-12)16-2/h6-7,9H,3-5,8,11H2,1-2H3. The van der Waals surface area contributed by atoms with Gasteiger partial charge in [-0.15, -0.1) is 0 Å². The molecule has 0 bridgehead atoms. The second-order valence-corrected chi connectivity index (χ2v) is 3.91. The minimum Gasteiger partial charge on any atom is -0.495 e. The van der Waals surface area contributed by atoms with E-state index >= 15 is 0 Å². The van der Waals surface area contributed by atoms with Gasteiger partial charge in [0.05, 0.1) is 19.3 Å². The molecule has 0 atom stereocenters. The van der Waals surface area contributed by atoms with Crippen LogP contribution in [-0.2, 0) is 11.3 Å². The van der Waals surface area contributed by atoms with Crippen molar-refractivity contribution in [3.8, 4) is 11.8 Å². The molecule has 0 saturated heterocycles. The maximum absolute atomic E-state index is 8.85. The van der Waals surface area contributed by atoms with E-state index in [0.29, 0.717) is 17.9 Å². The Morgan fingerprint density at radius 3 is 2.76 bits per heavy atom. The lowest BCUT2D eigenvalue weighted by atomic mass is 10.1. The maximum Gasteiger partial charge on any atom is 0.136 e. The molecule has 0 unspecified atom stereocenters. The summed E-state index contributed by atoms with van der Waals surface area (Å²) in [6.45, 7) is 3.54. The second kappa shape index (κ2) is 7.70. The predicted molar refractivity (Wildman–Crippen MR) is 66.9 cm³/mol. The fourth-order valence-corrected chi connectivity index (χ4v) is 1.56. The van der Waals surface area contributed by atoms with Gasteiger partial charge in [0.15, 0.2) is 0 Å². The smallest absolute Gasteiger partial charge is 0.136 e. The van der Waals surface area contributed by atoms with Crippen molar-refractivity contribution >= 4 is 0 Å². The van der Waals surface area contributed by atoms with E-state index in [9.17, 15) is 0 Å². The zero-order chi connectivity index (χ0) is 12.5. The van der Waals surface area contributed by atoms with Gasteiger partial charge in [0.25, 0.3) is 0 Å². The topological polar surface area (TPSA) is 42.2 Å². The summed E-state index contributed by atoms with van der Waals surface area (Å²) in [5.41, 5.74) is 1.60. The van der Waals surface area contributed by atoms with Crippen molar-refractivity contribution < 1.29 is 9.47 Å². The van der Waals surface area contributed by atoms with Crippen molar-refractivity contribution in [1.29, 1.82) is 5.26 Å². The van der Waals surface area contributed by atoms with Crippen molar-refractivity contribution in [2.24, 2.45) is 0 Å². The molecule has 3 nitrogen and oxygen atoms in total. The summed E-state index contributed by atoms with van der Waals surface area (Å²) in [4.78, 5) is 0. The fraction of sp³-hybridized carbons (Fsp3) is 0.500. The van der Waals surface area contributed by atoms with Gasteiger partial charge in [0, 0.05) is 6.61 Å². The highest BCUT2D eigenvalue weighted by Gasteiger charge is 2.03. The first-order valence-electron chi connectivity index (χ1n) is 5.96. The van der Waals surface area contributed by atoms with Gasteiger partial charge in [0.2, 0.25) is 0 Å². The van der Waals surface area contributed by atoms with Crippen LogP contribution in [0.1, 0.15) is 37.3 Å². The van der Waals surface area contributed by atoms with E-state index in [1.54, 1.807) is 13.2 Å². The molecule has 0 radical (unpaired) electrons. The lowest BCUT2D eigenvalue weighted by Crippen LogP contribution is -1.97. The minimum atomic E-state index is 0.558. The largest absolute Gasteiger partial charge is 0.495 e. The van der Waals surface area contributed by atoms with E-state index in [-0.39, 0.29) is 0 Å². The van der Waals surface area contributed by atoms with Crippen LogP contribution in [0.25, 0.3) is 0 Å². The van der Waals surface area contributed by atoms with Gasteiger partial charge in [-0.2, -0.15) is 5.26 Å². The predicted octanol–water partition coefficient (Wildman–Crippen LogP) is 3.27. The first-order chi connectivity index (χ1) is 8.31. The molecule has 17 heavy (non-hydrogen) atoms. The lowest BCUT2D eigenvalue weighted by Gasteiger charge is -2.07. The molecule has 0 fully saturated rings. The molecule has 0 N–H and O–H groups in total. The van der Waals surface area contributed by atoms with Crippen LogP contribution in [0.2, 0.25) is 0 Å². The van der Waals surface area contributed by atoms with Crippen LogP contribution >= 0.6 is 0 Å². The maximum atomic E-state index is 8.85. The summed E-state index contributed by atoms with van der Waals surface area (Å²) < 4.78 is 10.7. The summed E-state index contributed by atoms with van der Waals surface area (Å²) in [5, 5.41) is 8.85. The molecule has 0 aromatic heterocycles. The van der Waals surface area contributed by atoms with Crippen LogP contribution in [-0.4, -0.2) is 13.7 Å². The van der Waals surface area contributed by atoms with E-state index in [1.165, 1.54) is 12.8 Å². The molecule has 0 aliphatic carbocycles. The van der Waals surface area contributed by atoms with E-state index in [1.807, 2.05) is 12.1 Å². The van der Waals surface area contributed by atoms with Crippen LogP contribution in [0.3, 0.4) is 0 Å². The zero-order valence-corrected chi connectivity index (χ0v) is 10.5. The van der Waals surface area contributed by atoms with Gasteiger partial charge in [-0.3, -0.25) is 0 Å².